The third kappa shape index (κ3) is 2.38. The van der Waals surface area contributed by atoms with Gasteiger partial charge < -0.3 is 5.32 Å². The quantitative estimate of drug-likeness (QED) is 0.862. The molecule has 2 nitrogen and oxygen atoms in total. The van der Waals surface area contributed by atoms with E-state index in [0.717, 1.165) is 19.6 Å². The molecule has 1 aromatic rings. The van der Waals surface area contributed by atoms with E-state index in [4.69, 9.17) is 0 Å². The lowest BCUT2D eigenvalue weighted by Gasteiger charge is -2.48. The van der Waals surface area contributed by atoms with Crippen molar-refractivity contribution in [3.05, 3.63) is 35.9 Å². The van der Waals surface area contributed by atoms with Crippen LogP contribution < -0.4 is 5.32 Å². The summed E-state index contributed by atoms with van der Waals surface area (Å²) in [6.45, 7) is 10.2. The zero-order valence-electron chi connectivity index (χ0n) is 11.2. The van der Waals surface area contributed by atoms with Gasteiger partial charge >= 0.3 is 0 Å². The zero-order valence-corrected chi connectivity index (χ0v) is 11.2. The van der Waals surface area contributed by atoms with Crippen LogP contribution in [0.3, 0.4) is 0 Å². The Morgan fingerprint density at radius 1 is 1.29 bits per heavy atom. The molecule has 1 N–H and O–H groups in total. The van der Waals surface area contributed by atoms with Crippen LogP contribution in [0.2, 0.25) is 0 Å². The maximum absolute atomic E-state index is 3.68. The largest absolute Gasteiger partial charge is 0.311 e. The number of hydrogen-bond donors (Lipinski definition) is 1. The monoisotopic (exact) mass is 232 g/mol. The van der Waals surface area contributed by atoms with Crippen molar-refractivity contribution >= 4 is 0 Å². The number of piperazine rings is 1. The highest BCUT2D eigenvalue weighted by Gasteiger charge is 2.37. The van der Waals surface area contributed by atoms with Gasteiger partial charge in [-0.2, -0.15) is 0 Å². The van der Waals surface area contributed by atoms with Crippen LogP contribution in [0, 0.1) is 0 Å². The maximum atomic E-state index is 3.68. The second-order valence-corrected chi connectivity index (χ2v) is 5.16. The fraction of sp³-hybridized carbons (Fsp3) is 0.600. The van der Waals surface area contributed by atoms with Gasteiger partial charge in [-0.05, 0) is 25.5 Å². The Morgan fingerprint density at radius 2 is 2.00 bits per heavy atom. The van der Waals surface area contributed by atoms with E-state index in [0.29, 0.717) is 6.04 Å². The van der Waals surface area contributed by atoms with Gasteiger partial charge in [-0.25, -0.2) is 0 Å². The van der Waals surface area contributed by atoms with Crippen molar-refractivity contribution in [3.8, 4) is 0 Å². The summed E-state index contributed by atoms with van der Waals surface area (Å²) in [5.74, 6) is 0. The summed E-state index contributed by atoms with van der Waals surface area (Å²) >= 11 is 0. The summed E-state index contributed by atoms with van der Waals surface area (Å²) in [6, 6.07) is 11.5. The molecule has 0 saturated carbocycles. The van der Waals surface area contributed by atoms with Crippen molar-refractivity contribution in [1.29, 1.82) is 0 Å². The molecule has 0 amide bonds. The Morgan fingerprint density at radius 3 is 2.59 bits per heavy atom. The highest BCUT2D eigenvalue weighted by molar-refractivity contribution is 5.25. The van der Waals surface area contributed by atoms with E-state index in [-0.39, 0.29) is 5.54 Å². The second kappa shape index (κ2) is 5.19. The van der Waals surface area contributed by atoms with Crippen LogP contribution in [-0.2, 0) is 5.54 Å². The van der Waals surface area contributed by atoms with Crippen LogP contribution in [-0.4, -0.2) is 30.6 Å². The molecule has 2 atom stereocenters. The fourth-order valence-electron chi connectivity index (χ4n) is 2.82. The normalized spacial score (nSPS) is 30.4. The third-order valence-corrected chi connectivity index (χ3v) is 4.14. The lowest BCUT2D eigenvalue weighted by atomic mass is 9.86. The van der Waals surface area contributed by atoms with E-state index in [9.17, 15) is 0 Å². The van der Waals surface area contributed by atoms with Gasteiger partial charge in [-0.15, -0.1) is 0 Å². The highest BCUT2D eigenvalue weighted by atomic mass is 15.3. The van der Waals surface area contributed by atoms with E-state index in [1.54, 1.807) is 0 Å². The average Bonchev–Trinajstić information content (AvgIpc) is 2.40. The number of nitrogens with one attached hydrogen (secondary N) is 1. The summed E-state index contributed by atoms with van der Waals surface area (Å²) < 4.78 is 0. The van der Waals surface area contributed by atoms with Gasteiger partial charge in [0.1, 0.15) is 0 Å². The summed E-state index contributed by atoms with van der Waals surface area (Å²) in [6.07, 6.45) is 1.21. The molecule has 2 unspecified atom stereocenters. The molecule has 0 aliphatic carbocycles. The first kappa shape index (κ1) is 12.6. The van der Waals surface area contributed by atoms with Gasteiger partial charge in [0.25, 0.3) is 0 Å². The molecule has 1 fully saturated rings. The fourth-order valence-corrected chi connectivity index (χ4v) is 2.82. The summed E-state index contributed by atoms with van der Waals surface area (Å²) in [5.41, 5.74) is 1.56. The lowest BCUT2D eigenvalue weighted by Crippen LogP contribution is -2.61. The molecule has 1 heterocycles. The van der Waals surface area contributed by atoms with Gasteiger partial charge in [-0.3, -0.25) is 4.90 Å². The Bertz CT molecular complexity index is 349. The predicted octanol–water partition coefficient (Wildman–Crippen LogP) is 2.61. The van der Waals surface area contributed by atoms with Crippen LogP contribution in [0.15, 0.2) is 30.3 Å². The number of rotatable bonds is 3. The smallest absolute Gasteiger partial charge is 0.0557 e. The molecular formula is C15H24N2. The molecule has 94 valence electrons. The summed E-state index contributed by atoms with van der Waals surface area (Å²) in [7, 11) is 0. The molecule has 1 aliphatic heterocycles. The lowest BCUT2D eigenvalue weighted by molar-refractivity contribution is 0.0542. The van der Waals surface area contributed by atoms with Gasteiger partial charge in [-0.1, -0.05) is 44.2 Å². The minimum atomic E-state index is 0.141. The van der Waals surface area contributed by atoms with E-state index in [2.05, 4.69) is 61.3 Å². The van der Waals surface area contributed by atoms with Crippen LogP contribution in [0.25, 0.3) is 0 Å². The van der Waals surface area contributed by atoms with Crippen molar-refractivity contribution in [2.24, 2.45) is 0 Å². The predicted molar refractivity (Wildman–Crippen MR) is 73.1 cm³/mol. The van der Waals surface area contributed by atoms with Crippen LogP contribution in [0.5, 0.6) is 0 Å². The van der Waals surface area contributed by atoms with Crippen molar-refractivity contribution < 1.29 is 0 Å². The van der Waals surface area contributed by atoms with E-state index in [1.165, 1.54) is 12.0 Å². The Balaban J connectivity index is 2.24. The molecule has 0 radical (unpaired) electrons. The number of benzene rings is 1. The van der Waals surface area contributed by atoms with Crippen molar-refractivity contribution in [3.63, 3.8) is 0 Å². The molecule has 17 heavy (non-hydrogen) atoms. The molecule has 0 aromatic heterocycles. The molecule has 0 bridgehead atoms. The van der Waals surface area contributed by atoms with E-state index >= 15 is 0 Å². The van der Waals surface area contributed by atoms with Crippen molar-refractivity contribution in [1.82, 2.24) is 10.2 Å². The Kier molecular flexibility index (Phi) is 3.85. The molecule has 2 rings (SSSR count). The van der Waals surface area contributed by atoms with Crippen LogP contribution >= 0.6 is 0 Å². The number of likely N-dealkylation sites (N-methyl/N-ethyl adjacent to an activating group) is 1. The standard InChI is InChI=1S/C15H24N2/c1-4-14-11-17(5-2)15(3,12-16-14)13-9-7-6-8-10-13/h6-10,14,16H,4-5,11-12H2,1-3H3. The Labute approximate surface area is 105 Å². The first-order chi connectivity index (χ1) is 8.20. The minimum absolute atomic E-state index is 0.141. The summed E-state index contributed by atoms with van der Waals surface area (Å²) in [4.78, 5) is 2.60. The van der Waals surface area contributed by atoms with Gasteiger partial charge in [0, 0.05) is 19.1 Å². The molecule has 1 aliphatic rings. The first-order valence-electron chi connectivity index (χ1n) is 6.74. The Hall–Kier alpha value is -0.860. The second-order valence-electron chi connectivity index (χ2n) is 5.16. The molecular weight excluding hydrogens is 208 g/mol. The molecule has 1 saturated heterocycles. The average molecular weight is 232 g/mol. The van der Waals surface area contributed by atoms with Gasteiger partial charge in [0.05, 0.1) is 5.54 Å². The number of nitrogens with zero attached hydrogens (tertiary/aromatic N) is 1. The van der Waals surface area contributed by atoms with E-state index in [1.807, 2.05) is 0 Å². The third-order valence-electron chi connectivity index (χ3n) is 4.14. The zero-order chi connectivity index (χ0) is 12.3. The van der Waals surface area contributed by atoms with Crippen LogP contribution in [0.4, 0.5) is 0 Å². The SMILES string of the molecule is CCC1CN(CC)C(C)(c2ccccc2)CN1. The van der Waals surface area contributed by atoms with Gasteiger partial charge in [0.15, 0.2) is 0 Å². The van der Waals surface area contributed by atoms with E-state index < -0.39 is 0 Å². The van der Waals surface area contributed by atoms with Crippen molar-refractivity contribution in [2.75, 3.05) is 19.6 Å². The van der Waals surface area contributed by atoms with Gasteiger partial charge in [0.2, 0.25) is 0 Å². The molecule has 0 spiro atoms. The first-order valence-corrected chi connectivity index (χ1v) is 6.74. The van der Waals surface area contributed by atoms with Crippen LogP contribution in [0.1, 0.15) is 32.8 Å². The van der Waals surface area contributed by atoms with Crippen molar-refractivity contribution in [2.45, 2.75) is 38.8 Å². The highest BCUT2D eigenvalue weighted by Crippen LogP contribution is 2.30. The maximum Gasteiger partial charge on any atom is 0.0557 e. The number of hydrogen-bond acceptors (Lipinski definition) is 2. The summed E-state index contributed by atoms with van der Waals surface area (Å²) in [5, 5.41) is 3.68. The topological polar surface area (TPSA) is 15.3 Å². The minimum Gasteiger partial charge on any atom is -0.311 e. The molecule has 1 aromatic carbocycles. The molecule has 2 heteroatoms.